The number of hydrogen-bond donors (Lipinski definition) is 3. The Bertz CT molecular complexity index is 1070. The zero-order valence-electron chi connectivity index (χ0n) is 14.7. The largest absolute Gasteiger partial charge is 0.508 e. The van der Waals surface area contributed by atoms with Gasteiger partial charge in [0.1, 0.15) is 28.8 Å². The van der Waals surface area contributed by atoms with Crippen molar-refractivity contribution in [1.82, 2.24) is 0 Å². The van der Waals surface area contributed by atoms with E-state index >= 15 is 0 Å². The maximum absolute atomic E-state index is 9.62. The summed E-state index contributed by atoms with van der Waals surface area (Å²) in [6.45, 7) is 1.98. The van der Waals surface area contributed by atoms with E-state index in [0.29, 0.717) is 11.5 Å². The lowest BCUT2D eigenvalue weighted by Crippen LogP contribution is -1.83. The van der Waals surface area contributed by atoms with Crippen LogP contribution >= 0.6 is 0 Å². The summed E-state index contributed by atoms with van der Waals surface area (Å²) >= 11 is 0. The first-order valence-corrected chi connectivity index (χ1v) is 8.54. The van der Waals surface area contributed by atoms with E-state index in [0.717, 1.165) is 27.8 Å². The molecule has 0 aliphatic rings. The fourth-order valence-electron chi connectivity index (χ4n) is 3.19. The van der Waals surface area contributed by atoms with E-state index in [1.807, 2.05) is 31.2 Å². The van der Waals surface area contributed by atoms with Crippen LogP contribution in [0, 0.1) is 6.92 Å². The first kappa shape index (κ1) is 16.8. The summed E-state index contributed by atoms with van der Waals surface area (Å²) < 4.78 is 6.26. The molecule has 3 aromatic carbocycles. The second kappa shape index (κ2) is 6.57. The Hall–Kier alpha value is -3.66. The van der Waals surface area contributed by atoms with Crippen molar-refractivity contribution < 1.29 is 19.7 Å². The summed E-state index contributed by atoms with van der Waals surface area (Å²) in [6, 6.07) is 20.7. The number of phenols is 3. The number of phenolic OH excluding ortho intramolecular Hbond substituents is 3. The number of hydrogen-bond acceptors (Lipinski definition) is 4. The van der Waals surface area contributed by atoms with Crippen molar-refractivity contribution in [3.05, 3.63) is 78.4 Å². The van der Waals surface area contributed by atoms with Gasteiger partial charge in [0.15, 0.2) is 0 Å². The summed E-state index contributed by atoms with van der Waals surface area (Å²) in [5.74, 6) is 1.97. The molecule has 3 N–H and O–H groups in total. The molecule has 0 aliphatic carbocycles. The van der Waals surface area contributed by atoms with Crippen molar-refractivity contribution in [3.8, 4) is 51.0 Å². The zero-order chi connectivity index (χ0) is 19.0. The van der Waals surface area contributed by atoms with Gasteiger partial charge in [0, 0.05) is 22.3 Å². The van der Waals surface area contributed by atoms with Crippen molar-refractivity contribution in [1.29, 1.82) is 0 Å². The predicted octanol–water partition coefficient (Wildman–Crippen LogP) is 5.71. The van der Waals surface area contributed by atoms with Crippen LogP contribution in [-0.4, -0.2) is 15.3 Å². The zero-order valence-corrected chi connectivity index (χ0v) is 14.7. The molecule has 1 aromatic heterocycles. The van der Waals surface area contributed by atoms with Gasteiger partial charge in [0.05, 0.1) is 0 Å². The highest BCUT2D eigenvalue weighted by Gasteiger charge is 2.21. The number of rotatable bonds is 3. The van der Waals surface area contributed by atoms with Gasteiger partial charge in [0.2, 0.25) is 0 Å². The van der Waals surface area contributed by atoms with Crippen LogP contribution in [0.5, 0.6) is 17.2 Å². The summed E-state index contributed by atoms with van der Waals surface area (Å²) in [4.78, 5) is 0. The van der Waals surface area contributed by atoms with Crippen molar-refractivity contribution in [3.63, 3.8) is 0 Å². The molecule has 0 bridgehead atoms. The van der Waals surface area contributed by atoms with Gasteiger partial charge in [-0.05, 0) is 73.2 Å². The molecule has 4 heteroatoms. The molecule has 0 unspecified atom stereocenters. The second-order valence-electron chi connectivity index (χ2n) is 6.40. The van der Waals surface area contributed by atoms with Gasteiger partial charge in [-0.1, -0.05) is 12.1 Å². The molecule has 27 heavy (non-hydrogen) atoms. The van der Waals surface area contributed by atoms with Gasteiger partial charge in [-0.3, -0.25) is 0 Å². The fourth-order valence-corrected chi connectivity index (χ4v) is 3.19. The van der Waals surface area contributed by atoms with Crippen LogP contribution in [0.3, 0.4) is 0 Å². The molecule has 0 atom stereocenters. The topological polar surface area (TPSA) is 73.8 Å². The standard InChI is InChI=1S/C23H18O4/c1-14-21(15-2-8-18(24)9-3-15)23(17-6-12-20(26)13-7-17)27-22(14)16-4-10-19(25)11-5-16/h2-13,24-26H,1H3. The van der Waals surface area contributed by atoms with E-state index in [2.05, 4.69) is 0 Å². The highest BCUT2D eigenvalue weighted by atomic mass is 16.3. The number of benzene rings is 3. The average molecular weight is 358 g/mol. The fraction of sp³-hybridized carbons (Fsp3) is 0.0435. The van der Waals surface area contributed by atoms with Gasteiger partial charge in [-0.2, -0.15) is 0 Å². The van der Waals surface area contributed by atoms with Gasteiger partial charge in [-0.15, -0.1) is 0 Å². The molecular formula is C23H18O4. The smallest absolute Gasteiger partial charge is 0.142 e. The Labute approximate surface area is 156 Å². The summed E-state index contributed by atoms with van der Waals surface area (Å²) in [5, 5.41) is 28.8. The van der Waals surface area contributed by atoms with E-state index in [1.165, 1.54) is 0 Å². The third kappa shape index (κ3) is 3.13. The Kier molecular flexibility index (Phi) is 4.09. The first-order valence-electron chi connectivity index (χ1n) is 8.54. The minimum Gasteiger partial charge on any atom is -0.508 e. The van der Waals surface area contributed by atoms with Gasteiger partial charge in [0.25, 0.3) is 0 Å². The van der Waals surface area contributed by atoms with Crippen molar-refractivity contribution in [2.24, 2.45) is 0 Å². The Morgan fingerprint density at radius 2 is 0.889 bits per heavy atom. The van der Waals surface area contributed by atoms with Crippen molar-refractivity contribution >= 4 is 0 Å². The van der Waals surface area contributed by atoms with Crippen molar-refractivity contribution in [2.45, 2.75) is 6.92 Å². The molecule has 134 valence electrons. The maximum Gasteiger partial charge on any atom is 0.142 e. The quantitative estimate of drug-likeness (QED) is 0.439. The van der Waals surface area contributed by atoms with Gasteiger partial charge < -0.3 is 19.7 Å². The predicted molar refractivity (Wildman–Crippen MR) is 105 cm³/mol. The van der Waals surface area contributed by atoms with Crippen LogP contribution in [0.15, 0.2) is 77.2 Å². The SMILES string of the molecule is Cc1c(-c2ccc(O)cc2)oc(-c2ccc(O)cc2)c1-c1ccc(O)cc1. The molecular weight excluding hydrogens is 340 g/mol. The highest BCUT2D eigenvalue weighted by Crippen LogP contribution is 2.43. The third-order valence-electron chi connectivity index (χ3n) is 4.56. The van der Waals surface area contributed by atoms with Crippen LogP contribution in [0.1, 0.15) is 5.56 Å². The Morgan fingerprint density at radius 1 is 0.519 bits per heavy atom. The monoisotopic (exact) mass is 358 g/mol. The minimum absolute atomic E-state index is 0.187. The van der Waals surface area contributed by atoms with Crippen LogP contribution < -0.4 is 0 Å². The van der Waals surface area contributed by atoms with E-state index in [1.54, 1.807) is 48.5 Å². The lowest BCUT2D eigenvalue weighted by atomic mass is 9.96. The van der Waals surface area contributed by atoms with E-state index in [4.69, 9.17) is 4.42 Å². The number of aromatic hydroxyl groups is 3. The molecule has 0 spiro atoms. The molecule has 0 saturated carbocycles. The van der Waals surface area contributed by atoms with E-state index in [9.17, 15) is 15.3 Å². The van der Waals surface area contributed by atoms with Crippen LogP contribution in [-0.2, 0) is 0 Å². The summed E-state index contributed by atoms with van der Waals surface area (Å²) in [6.07, 6.45) is 0. The molecule has 4 nitrogen and oxygen atoms in total. The second-order valence-corrected chi connectivity index (χ2v) is 6.40. The molecule has 1 heterocycles. The molecule has 0 aliphatic heterocycles. The summed E-state index contributed by atoms with van der Waals surface area (Å²) in [5.41, 5.74) is 4.49. The molecule has 0 radical (unpaired) electrons. The lowest BCUT2D eigenvalue weighted by Gasteiger charge is -2.05. The molecule has 4 aromatic rings. The van der Waals surface area contributed by atoms with Crippen molar-refractivity contribution in [2.75, 3.05) is 0 Å². The molecule has 0 amide bonds. The maximum atomic E-state index is 9.62. The molecule has 0 fully saturated rings. The van der Waals surface area contributed by atoms with Gasteiger partial charge >= 0.3 is 0 Å². The number of furan rings is 1. The highest BCUT2D eigenvalue weighted by molar-refractivity contribution is 5.87. The van der Waals surface area contributed by atoms with E-state index < -0.39 is 0 Å². The Balaban J connectivity index is 1.95. The van der Waals surface area contributed by atoms with Crippen LogP contribution in [0.4, 0.5) is 0 Å². The van der Waals surface area contributed by atoms with Crippen LogP contribution in [0.25, 0.3) is 33.8 Å². The average Bonchev–Trinajstić information content (AvgIpc) is 3.01. The first-order chi connectivity index (χ1) is 13.0. The molecule has 0 saturated heterocycles. The lowest BCUT2D eigenvalue weighted by molar-refractivity contribution is 0.474. The summed E-state index contributed by atoms with van der Waals surface area (Å²) in [7, 11) is 0. The van der Waals surface area contributed by atoms with Gasteiger partial charge in [-0.25, -0.2) is 0 Å². The van der Waals surface area contributed by atoms with E-state index in [-0.39, 0.29) is 17.2 Å². The molecule has 4 rings (SSSR count). The minimum atomic E-state index is 0.187. The normalized spacial score (nSPS) is 10.9. The van der Waals surface area contributed by atoms with Crippen LogP contribution in [0.2, 0.25) is 0 Å². The Morgan fingerprint density at radius 3 is 1.33 bits per heavy atom. The third-order valence-corrected chi connectivity index (χ3v) is 4.56.